The molecular formula is C5H8N2O2. The van der Waals surface area contributed by atoms with Crippen molar-refractivity contribution in [2.45, 2.75) is 18.9 Å². The maximum absolute atomic E-state index is 10.5. The van der Waals surface area contributed by atoms with Gasteiger partial charge in [0.25, 0.3) is 0 Å². The summed E-state index contributed by atoms with van der Waals surface area (Å²) in [5.74, 6) is -0.562. The van der Waals surface area contributed by atoms with E-state index in [1.54, 1.807) is 0 Å². The molecule has 1 rings (SSSR count). The van der Waals surface area contributed by atoms with Crippen LogP contribution < -0.4 is 5.32 Å². The number of carbonyl (C=O) groups excluding carboxylic acids is 1. The normalized spacial score (nSPS) is 26.0. The number of nitrogens with one attached hydrogen (secondary N) is 1. The SMILES string of the molecule is O=NC(=O)[C@H]1CCCN1. The summed E-state index contributed by atoms with van der Waals surface area (Å²) in [7, 11) is 0. The Labute approximate surface area is 52.6 Å². The number of nitroso groups, excluding NO2 is 1. The molecular weight excluding hydrogens is 120 g/mol. The minimum Gasteiger partial charge on any atom is -0.306 e. The Balaban J connectivity index is 2.41. The van der Waals surface area contributed by atoms with Crippen molar-refractivity contribution in [3.8, 4) is 0 Å². The topological polar surface area (TPSA) is 58.5 Å². The summed E-state index contributed by atoms with van der Waals surface area (Å²) in [4.78, 5) is 20.1. The van der Waals surface area contributed by atoms with Gasteiger partial charge < -0.3 is 5.32 Å². The number of carbonyl (C=O) groups is 1. The first kappa shape index (κ1) is 6.35. The molecule has 0 saturated carbocycles. The Bertz CT molecular complexity index is 129. The van der Waals surface area contributed by atoms with E-state index in [1.807, 2.05) is 0 Å². The molecule has 1 aliphatic rings. The lowest BCUT2D eigenvalue weighted by Crippen LogP contribution is -2.28. The monoisotopic (exact) mass is 128 g/mol. The summed E-state index contributed by atoms with van der Waals surface area (Å²) in [5, 5.41) is 5.18. The van der Waals surface area contributed by atoms with Crippen molar-refractivity contribution in [3.05, 3.63) is 4.91 Å². The van der Waals surface area contributed by atoms with Gasteiger partial charge in [0.1, 0.15) is 0 Å². The predicted octanol–water partition coefficient (Wildman–Crippen LogP) is 0.0314. The molecule has 4 heteroatoms. The standard InChI is InChI=1S/C5H8N2O2/c8-5(7-9)4-2-1-3-6-4/h4,6H,1-3H2/t4-/m1/s1. The fourth-order valence-corrected chi connectivity index (χ4v) is 0.959. The zero-order chi connectivity index (χ0) is 6.69. The second-order valence-corrected chi connectivity index (χ2v) is 2.08. The van der Waals surface area contributed by atoms with E-state index >= 15 is 0 Å². The van der Waals surface area contributed by atoms with Gasteiger partial charge in [0, 0.05) is 5.18 Å². The fraction of sp³-hybridized carbons (Fsp3) is 0.800. The lowest BCUT2D eigenvalue weighted by Gasteiger charge is -1.98. The third-order valence-electron chi connectivity index (χ3n) is 1.45. The number of hydrogen-bond acceptors (Lipinski definition) is 3. The highest BCUT2D eigenvalue weighted by Gasteiger charge is 2.21. The number of rotatable bonds is 1. The smallest absolute Gasteiger partial charge is 0.303 e. The molecule has 0 unspecified atom stereocenters. The molecule has 0 aliphatic carbocycles. The van der Waals surface area contributed by atoms with E-state index in [1.165, 1.54) is 0 Å². The molecule has 0 aromatic carbocycles. The molecule has 1 amide bonds. The first-order valence-corrected chi connectivity index (χ1v) is 2.95. The highest BCUT2D eigenvalue weighted by atomic mass is 16.3. The largest absolute Gasteiger partial charge is 0.306 e. The number of nitrogens with zero attached hydrogens (tertiary/aromatic N) is 1. The van der Waals surface area contributed by atoms with Crippen molar-refractivity contribution in [1.29, 1.82) is 0 Å². The van der Waals surface area contributed by atoms with Gasteiger partial charge in [-0.2, -0.15) is 0 Å². The first-order valence-electron chi connectivity index (χ1n) is 2.95. The van der Waals surface area contributed by atoms with Crippen LogP contribution in [-0.4, -0.2) is 18.5 Å². The summed E-state index contributed by atoms with van der Waals surface area (Å²) in [6, 6.07) is -0.289. The van der Waals surface area contributed by atoms with E-state index in [0.717, 1.165) is 19.4 Å². The Morgan fingerprint density at radius 3 is 2.89 bits per heavy atom. The third-order valence-corrected chi connectivity index (χ3v) is 1.45. The average Bonchev–Trinajstić information content (AvgIpc) is 2.37. The van der Waals surface area contributed by atoms with Gasteiger partial charge in [-0.15, -0.1) is 4.91 Å². The van der Waals surface area contributed by atoms with Crippen LogP contribution in [-0.2, 0) is 4.79 Å². The van der Waals surface area contributed by atoms with Crippen molar-refractivity contribution in [2.75, 3.05) is 6.54 Å². The highest BCUT2D eigenvalue weighted by molar-refractivity contribution is 5.82. The predicted molar refractivity (Wildman–Crippen MR) is 31.8 cm³/mol. The molecule has 50 valence electrons. The van der Waals surface area contributed by atoms with E-state index in [2.05, 4.69) is 10.5 Å². The summed E-state index contributed by atoms with van der Waals surface area (Å²) in [5.41, 5.74) is 0. The molecule has 1 saturated heterocycles. The van der Waals surface area contributed by atoms with Gasteiger partial charge in [-0.05, 0) is 19.4 Å². The van der Waals surface area contributed by atoms with E-state index in [0.29, 0.717) is 0 Å². The Hall–Kier alpha value is -0.770. The van der Waals surface area contributed by atoms with Crippen LogP contribution in [0.3, 0.4) is 0 Å². The van der Waals surface area contributed by atoms with Crippen LogP contribution in [0.25, 0.3) is 0 Å². The van der Waals surface area contributed by atoms with Crippen LogP contribution in [0.4, 0.5) is 0 Å². The number of hydrogen-bond donors (Lipinski definition) is 1. The molecule has 1 atom stereocenters. The lowest BCUT2D eigenvalue weighted by atomic mass is 10.2. The van der Waals surface area contributed by atoms with Gasteiger partial charge in [-0.3, -0.25) is 4.79 Å². The quantitative estimate of drug-likeness (QED) is 0.507. The summed E-state index contributed by atoms with van der Waals surface area (Å²) in [6.45, 7) is 0.825. The molecule has 0 aromatic rings. The third kappa shape index (κ3) is 1.32. The minimum absolute atomic E-state index is 0.289. The second kappa shape index (κ2) is 2.68. The molecule has 0 bridgehead atoms. The lowest BCUT2D eigenvalue weighted by molar-refractivity contribution is -0.119. The molecule has 9 heavy (non-hydrogen) atoms. The Morgan fingerprint density at radius 1 is 1.67 bits per heavy atom. The summed E-state index contributed by atoms with van der Waals surface area (Å²) in [6.07, 6.45) is 1.72. The molecule has 0 aromatic heterocycles. The van der Waals surface area contributed by atoms with Crippen molar-refractivity contribution in [1.82, 2.24) is 5.32 Å². The van der Waals surface area contributed by atoms with Crippen LogP contribution in [0.5, 0.6) is 0 Å². The van der Waals surface area contributed by atoms with Crippen LogP contribution >= 0.6 is 0 Å². The minimum atomic E-state index is -0.562. The second-order valence-electron chi connectivity index (χ2n) is 2.08. The Kier molecular flexibility index (Phi) is 1.89. The van der Waals surface area contributed by atoms with Crippen LogP contribution in [0, 0.1) is 4.91 Å². The molecule has 1 fully saturated rings. The van der Waals surface area contributed by atoms with Crippen LogP contribution in [0.1, 0.15) is 12.8 Å². The van der Waals surface area contributed by atoms with Crippen molar-refractivity contribution < 1.29 is 4.79 Å². The zero-order valence-electron chi connectivity index (χ0n) is 4.96. The molecule has 0 radical (unpaired) electrons. The van der Waals surface area contributed by atoms with E-state index in [9.17, 15) is 9.70 Å². The average molecular weight is 128 g/mol. The van der Waals surface area contributed by atoms with Crippen molar-refractivity contribution in [2.24, 2.45) is 5.18 Å². The maximum atomic E-state index is 10.5. The van der Waals surface area contributed by atoms with Crippen LogP contribution in [0.2, 0.25) is 0 Å². The zero-order valence-corrected chi connectivity index (χ0v) is 4.96. The molecule has 1 heterocycles. The van der Waals surface area contributed by atoms with Gasteiger partial charge in [-0.1, -0.05) is 0 Å². The van der Waals surface area contributed by atoms with Gasteiger partial charge in [0.2, 0.25) is 0 Å². The van der Waals surface area contributed by atoms with E-state index < -0.39 is 5.91 Å². The first-order chi connectivity index (χ1) is 4.34. The van der Waals surface area contributed by atoms with E-state index in [4.69, 9.17) is 0 Å². The van der Waals surface area contributed by atoms with Crippen LogP contribution in [0.15, 0.2) is 5.18 Å². The maximum Gasteiger partial charge on any atom is 0.303 e. The van der Waals surface area contributed by atoms with Gasteiger partial charge in [0.05, 0.1) is 6.04 Å². The Morgan fingerprint density at radius 2 is 2.44 bits per heavy atom. The highest BCUT2D eigenvalue weighted by Crippen LogP contribution is 2.05. The van der Waals surface area contributed by atoms with Gasteiger partial charge in [-0.25, -0.2) is 0 Å². The summed E-state index contributed by atoms with van der Waals surface area (Å²) < 4.78 is 0. The fourth-order valence-electron chi connectivity index (χ4n) is 0.959. The van der Waals surface area contributed by atoms with Crippen molar-refractivity contribution in [3.63, 3.8) is 0 Å². The van der Waals surface area contributed by atoms with Gasteiger partial charge in [0.15, 0.2) is 0 Å². The number of amides is 1. The molecule has 0 spiro atoms. The summed E-state index contributed by atoms with van der Waals surface area (Å²) >= 11 is 0. The van der Waals surface area contributed by atoms with Gasteiger partial charge >= 0.3 is 5.91 Å². The molecule has 4 nitrogen and oxygen atoms in total. The molecule has 1 N–H and O–H groups in total. The molecule has 1 aliphatic heterocycles. The van der Waals surface area contributed by atoms with E-state index in [-0.39, 0.29) is 6.04 Å². The van der Waals surface area contributed by atoms with Crippen molar-refractivity contribution >= 4 is 5.91 Å².